The fraction of sp³-hybridized carbons (Fsp3) is 0.623. The first-order valence-electron chi connectivity index (χ1n) is 25.6. The topological polar surface area (TPSA) is 161 Å². The van der Waals surface area contributed by atoms with E-state index in [4.69, 9.17) is 0 Å². The number of hydrogen-bond donors (Lipinski definition) is 3. The standard InChI is InChI=1S/C27H40N4O3.C24H34F3N3O4.C2H6/c1-5-7-21(8-6-2)18-29-13-15-30(16-14-29)22-9-11-24-20(3)31(27(34)25(24)17-22)23(19-32)10-12-26(33)28-4;1-18(31)8-6-4-2-3-5-7-9-22(32)30-16-14-20(15-17-30)29-23(33)28-19-10-12-21(13-11-19)34-24(25,26)27;1-2/h9,11,17,19,21,23H,3,5-8,10,12-16,18H2,1-2,4H3,(H,28,33);10-13,20H,2-9,14-17H2,1H3,(H2,28,29,33);1-2H3. The van der Waals surface area contributed by atoms with Crippen LogP contribution in [-0.4, -0.2) is 122 Å². The number of carbonyl (C=O) groups excluding carboxylic acids is 6. The Hall–Kier alpha value is -5.45. The van der Waals surface area contributed by atoms with Gasteiger partial charge in [0.15, 0.2) is 0 Å². The highest BCUT2D eigenvalue weighted by molar-refractivity contribution is 6.10. The van der Waals surface area contributed by atoms with Gasteiger partial charge in [0.2, 0.25) is 11.8 Å². The molecule has 390 valence electrons. The highest BCUT2D eigenvalue weighted by Crippen LogP contribution is 2.36. The fourth-order valence-electron chi connectivity index (χ4n) is 9.13. The number of fused-ring (bicyclic) bond motifs is 1. The van der Waals surface area contributed by atoms with Crippen LogP contribution >= 0.6 is 0 Å². The third-order valence-corrected chi connectivity index (χ3v) is 12.8. The molecule has 5 rings (SSSR count). The van der Waals surface area contributed by atoms with E-state index in [1.165, 1.54) is 49.3 Å². The Kier molecular flexibility index (Phi) is 26.1. The van der Waals surface area contributed by atoms with Gasteiger partial charge in [0.05, 0.1) is 11.6 Å². The molecule has 2 aromatic carbocycles. The smallest absolute Gasteiger partial charge is 0.406 e. The number of nitrogens with one attached hydrogen (secondary N) is 3. The zero-order valence-corrected chi connectivity index (χ0v) is 42.6. The zero-order chi connectivity index (χ0) is 51.6. The van der Waals surface area contributed by atoms with Crippen LogP contribution < -0.4 is 25.6 Å². The number of anilines is 2. The van der Waals surface area contributed by atoms with Gasteiger partial charge in [-0.1, -0.05) is 78.9 Å². The number of unbranched alkanes of at least 4 members (excludes halogenated alkanes) is 5. The minimum absolute atomic E-state index is 0.0770. The lowest BCUT2D eigenvalue weighted by Gasteiger charge is -2.37. The van der Waals surface area contributed by atoms with Gasteiger partial charge in [0.25, 0.3) is 5.91 Å². The highest BCUT2D eigenvalue weighted by atomic mass is 19.4. The summed E-state index contributed by atoms with van der Waals surface area (Å²) >= 11 is 0. The average Bonchev–Trinajstić information content (AvgIpc) is 3.58. The molecule has 2 aromatic rings. The number of likely N-dealkylation sites (tertiary alicyclic amines) is 1. The van der Waals surface area contributed by atoms with Crippen LogP contribution in [0.15, 0.2) is 49.0 Å². The van der Waals surface area contributed by atoms with Gasteiger partial charge in [-0.2, -0.15) is 0 Å². The van der Waals surface area contributed by atoms with Crippen molar-refractivity contribution in [1.82, 2.24) is 25.3 Å². The van der Waals surface area contributed by atoms with E-state index in [9.17, 15) is 41.9 Å². The van der Waals surface area contributed by atoms with Crippen LogP contribution in [0.25, 0.3) is 5.70 Å². The molecule has 2 saturated heterocycles. The van der Waals surface area contributed by atoms with Crippen LogP contribution in [0.3, 0.4) is 0 Å². The summed E-state index contributed by atoms with van der Waals surface area (Å²) in [6, 6.07) is 9.62. The van der Waals surface area contributed by atoms with Crippen LogP contribution in [0.2, 0.25) is 0 Å². The summed E-state index contributed by atoms with van der Waals surface area (Å²) in [5, 5.41) is 7.98. The third-order valence-electron chi connectivity index (χ3n) is 12.8. The molecule has 3 heterocycles. The van der Waals surface area contributed by atoms with Crippen molar-refractivity contribution in [3.63, 3.8) is 0 Å². The first-order valence-corrected chi connectivity index (χ1v) is 25.6. The Bertz CT molecular complexity index is 1960. The number of carbonyl (C=O) groups is 6. The number of ether oxygens (including phenoxy) is 1. The van der Waals surface area contributed by atoms with Crippen molar-refractivity contribution in [2.45, 2.75) is 156 Å². The van der Waals surface area contributed by atoms with Gasteiger partial charge in [-0.3, -0.25) is 24.2 Å². The predicted octanol–water partition coefficient (Wildman–Crippen LogP) is 9.98. The SMILES string of the molecule is C=C1c2ccc(N3CCN(CC(CCC)CCC)CC3)cc2C(=O)N1C(C=O)CCC(=O)NC.CC.CC(=O)CCCCCCCCC(=O)N1CCC(NC(=O)Nc2ccc(OC(F)(F)F)cc2)CC1. The van der Waals surface area contributed by atoms with Gasteiger partial charge in [-0.05, 0) is 94.2 Å². The summed E-state index contributed by atoms with van der Waals surface area (Å²) in [7, 11) is 1.56. The number of urea groups is 1. The largest absolute Gasteiger partial charge is 0.573 e. The number of halogens is 3. The number of rotatable bonds is 24. The molecular weight excluding hydrogens is 904 g/mol. The van der Waals surface area contributed by atoms with Crippen molar-refractivity contribution in [1.29, 1.82) is 0 Å². The molecule has 1 atom stereocenters. The number of hydrogen-bond acceptors (Lipinski definition) is 9. The second kappa shape index (κ2) is 31.0. The maximum atomic E-state index is 13.2. The minimum Gasteiger partial charge on any atom is -0.406 e. The fourth-order valence-corrected chi connectivity index (χ4v) is 9.13. The number of aldehydes is 1. The second-order valence-corrected chi connectivity index (χ2v) is 18.1. The van der Waals surface area contributed by atoms with E-state index < -0.39 is 18.4 Å². The molecule has 0 bridgehead atoms. The molecule has 14 nitrogen and oxygen atoms in total. The Morgan fingerprint density at radius 1 is 0.814 bits per heavy atom. The summed E-state index contributed by atoms with van der Waals surface area (Å²) in [6.07, 6.45) is 10.0. The molecule has 2 fully saturated rings. The lowest BCUT2D eigenvalue weighted by atomic mass is 9.97. The lowest BCUT2D eigenvalue weighted by molar-refractivity contribution is -0.274. The van der Waals surface area contributed by atoms with Crippen LogP contribution in [-0.2, 0) is 19.2 Å². The van der Waals surface area contributed by atoms with Gasteiger partial charge in [-0.15, -0.1) is 13.2 Å². The Morgan fingerprint density at radius 3 is 1.97 bits per heavy atom. The van der Waals surface area contributed by atoms with Crippen molar-refractivity contribution in [2.75, 3.05) is 63.1 Å². The molecule has 0 aromatic heterocycles. The minimum atomic E-state index is -4.76. The summed E-state index contributed by atoms with van der Waals surface area (Å²) in [6.45, 7) is 20.5. The molecule has 0 saturated carbocycles. The van der Waals surface area contributed by atoms with E-state index in [1.807, 2.05) is 36.9 Å². The van der Waals surface area contributed by atoms with Crippen LogP contribution in [0, 0.1) is 5.92 Å². The van der Waals surface area contributed by atoms with Gasteiger partial charge in [-0.25, -0.2) is 4.79 Å². The Labute approximate surface area is 414 Å². The van der Waals surface area contributed by atoms with Gasteiger partial charge in [0, 0.05) is 101 Å². The molecule has 0 aliphatic carbocycles. The lowest BCUT2D eigenvalue weighted by Crippen LogP contribution is -2.47. The number of amides is 5. The monoisotopic (exact) mass is 984 g/mol. The number of nitrogens with zero attached hydrogens (tertiary/aromatic N) is 4. The quantitative estimate of drug-likeness (QED) is 0.0687. The maximum absolute atomic E-state index is 13.2. The molecule has 0 spiro atoms. The normalized spacial score (nSPS) is 15.5. The van der Waals surface area contributed by atoms with Crippen molar-refractivity contribution >= 4 is 52.9 Å². The molecule has 70 heavy (non-hydrogen) atoms. The van der Waals surface area contributed by atoms with Gasteiger partial charge >= 0.3 is 12.4 Å². The maximum Gasteiger partial charge on any atom is 0.573 e. The van der Waals surface area contributed by atoms with Crippen LogP contribution in [0.4, 0.5) is 29.3 Å². The first-order chi connectivity index (χ1) is 33.5. The second-order valence-electron chi connectivity index (χ2n) is 18.1. The third kappa shape index (κ3) is 20.1. The molecule has 17 heteroatoms. The highest BCUT2D eigenvalue weighted by Gasteiger charge is 2.37. The number of alkyl halides is 3. The van der Waals surface area contributed by atoms with Crippen molar-refractivity contribution < 1.29 is 46.7 Å². The number of Topliss-reactive ketones (excluding diaryl/α,β-unsaturated/α-hetero) is 1. The van der Waals surface area contributed by atoms with E-state index >= 15 is 0 Å². The van der Waals surface area contributed by atoms with E-state index in [-0.39, 0.29) is 48.1 Å². The number of benzene rings is 2. The van der Waals surface area contributed by atoms with Crippen molar-refractivity contribution in [3.8, 4) is 5.75 Å². The molecule has 5 amide bonds. The van der Waals surface area contributed by atoms with Crippen molar-refractivity contribution in [2.24, 2.45) is 5.92 Å². The number of piperazine rings is 1. The zero-order valence-electron chi connectivity index (χ0n) is 42.6. The molecule has 3 N–H and O–H groups in total. The molecule has 3 aliphatic rings. The summed E-state index contributed by atoms with van der Waals surface area (Å²) in [4.78, 5) is 80.3. The van der Waals surface area contributed by atoms with E-state index in [1.54, 1.807) is 14.0 Å². The summed E-state index contributed by atoms with van der Waals surface area (Å²) in [5.41, 5.74) is 3.26. The molecule has 0 radical (unpaired) electrons. The molecule has 3 aliphatic heterocycles. The summed E-state index contributed by atoms with van der Waals surface area (Å²) < 4.78 is 40.4. The average molecular weight is 984 g/mol. The van der Waals surface area contributed by atoms with E-state index in [2.05, 4.69) is 50.9 Å². The number of ketones is 1. The van der Waals surface area contributed by atoms with Crippen LogP contribution in [0.1, 0.15) is 153 Å². The summed E-state index contributed by atoms with van der Waals surface area (Å²) in [5.74, 6) is 0.430. The first kappa shape index (κ1) is 58.9. The van der Waals surface area contributed by atoms with E-state index in [0.29, 0.717) is 55.7 Å². The van der Waals surface area contributed by atoms with E-state index in [0.717, 1.165) is 100 Å². The van der Waals surface area contributed by atoms with Crippen molar-refractivity contribution in [3.05, 3.63) is 60.2 Å². The number of piperidine rings is 1. The Morgan fingerprint density at radius 2 is 1.41 bits per heavy atom. The Balaban J connectivity index is 0.000000358. The van der Waals surface area contributed by atoms with Gasteiger partial charge in [0.1, 0.15) is 17.8 Å². The van der Waals surface area contributed by atoms with Gasteiger partial charge < -0.3 is 40.1 Å². The van der Waals surface area contributed by atoms with Crippen LogP contribution in [0.5, 0.6) is 5.75 Å². The predicted molar refractivity (Wildman–Crippen MR) is 271 cm³/mol. The molecule has 1 unspecified atom stereocenters. The molecular formula is C53H80F3N7O7.